The minimum Gasteiger partial charge on any atom is -0.481 e. The summed E-state index contributed by atoms with van der Waals surface area (Å²) >= 11 is 0. The van der Waals surface area contributed by atoms with E-state index in [1.165, 1.54) is 6.42 Å². The van der Waals surface area contributed by atoms with Gasteiger partial charge in [-0.1, -0.05) is 51.9 Å². The highest BCUT2D eigenvalue weighted by molar-refractivity contribution is 5.96. The SMILES string of the molecule is CCCCCCCCCC(C(=O)O)C(=O)NCC(O)C(O)C(O)C(O)CO. The van der Waals surface area contributed by atoms with Gasteiger partial charge in [0, 0.05) is 6.54 Å². The van der Waals surface area contributed by atoms with Gasteiger partial charge in [0.25, 0.3) is 0 Å². The summed E-state index contributed by atoms with van der Waals surface area (Å²) in [6.45, 7) is 0.828. The van der Waals surface area contributed by atoms with Crippen LogP contribution in [0.25, 0.3) is 0 Å². The first-order valence-electron chi connectivity index (χ1n) is 9.59. The van der Waals surface area contributed by atoms with Crippen LogP contribution < -0.4 is 5.32 Å². The number of carbonyl (C=O) groups excluding carboxylic acids is 1. The Kier molecular flexibility index (Phi) is 14.1. The number of aliphatic hydroxyl groups is 5. The van der Waals surface area contributed by atoms with Crippen molar-refractivity contribution >= 4 is 11.9 Å². The monoisotopic (exact) mass is 393 g/mol. The lowest BCUT2D eigenvalue weighted by Crippen LogP contribution is -2.50. The van der Waals surface area contributed by atoms with Crippen LogP contribution >= 0.6 is 0 Å². The van der Waals surface area contributed by atoms with Gasteiger partial charge in [-0.05, 0) is 6.42 Å². The summed E-state index contributed by atoms with van der Waals surface area (Å²) in [5.41, 5.74) is 0. The average molecular weight is 393 g/mol. The van der Waals surface area contributed by atoms with Crippen molar-refractivity contribution in [3.63, 3.8) is 0 Å². The number of rotatable bonds is 16. The Morgan fingerprint density at radius 1 is 0.852 bits per heavy atom. The van der Waals surface area contributed by atoms with Crippen molar-refractivity contribution in [3.8, 4) is 0 Å². The van der Waals surface area contributed by atoms with E-state index >= 15 is 0 Å². The van der Waals surface area contributed by atoms with Gasteiger partial charge in [0.2, 0.25) is 5.91 Å². The smallest absolute Gasteiger partial charge is 0.316 e. The van der Waals surface area contributed by atoms with Gasteiger partial charge < -0.3 is 36.0 Å². The molecular weight excluding hydrogens is 358 g/mol. The number of carboxylic acids is 1. The maximum Gasteiger partial charge on any atom is 0.316 e. The second-order valence-corrected chi connectivity index (χ2v) is 6.84. The van der Waals surface area contributed by atoms with E-state index in [2.05, 4.69) is 12.2 Å². The maximum absolute atomic E-state index is 12.0. The zero-order chi connectivity index (χ0) is 20.8. The highest BCUT2D eigenvalue weighted by atomic mass is 16.4. The van der Waals surface area contributed by atoms with Crippen LogP contribution in [0.4, 0.5) is 0 Å². The Labute approximate surface area is 160 Å². The maximum atomic E-state index is 12.0. The molecule has 0 spiro atoms. The van der Waals surface area contributed by atoms with Gasteiger partial charge in [0.1, 0.15) is 24.2 Å². The third kappa shape index (κ3) is 10.6. The molecule has 0 aliphatic heterocycles. The second-order valence-electron chi connectivity index (χ2n) is 6.84. The lowest BCUT2D eigenvalue weighted by Gasteiger charge is -2.26. The molecule has 0 rings (SSSR count). The van der Waals surface area contributed by atoms with Crippen molar-refractivity contribution in [2.45, 2.75) is 82.7 Å². The summed E-state index contributed by atoms with van der Waals surface area (Å²) in [5.74, 6) is -3.29. The van der Waals surface area contributed by atoms with Crippen molar-refractivity contribution < 1.29 is 40.2 Å². The molecular formula is C18H35NO8. The number of amides is 1. The topological polar surface area (TPSA) is 168 Å². The molecule has 0 fully saturated rings. The van der Waals surface area contributed by atoms with Crippen LogP contribution in [-0.2, 0) is 9.59 Å². The molecule has 0 radical (unpaired) electrons. The van der Waals surface area contributed by atoms with E-state index in [0.717, 1.165) is 32.1 Å². The van der Waals surface area contributed by atoms with E-state index in [1.807, 2.05) is 0 Å². The molecule has 160 valence electrons. The number of nitrogens with one attached hydrogen (secondary N) is 1. The fraction of sp³-hybridized carbons (Fsp3) is 0.889. The average Bonchev–Trinajstić information content (AvgIpc) is 2.65. The predicted molar refractivity (Wildman–Crippen MR) is 97.9 cm³/mol. The molecule has 5 unspecified atom stereocenters. The van der Waals surface area contributed by atoms with Crippen molar-refractivity contribution in [3.05, 3.63) is 0 Å². The molecule has 0 saturated carbocycles. The zero-order valence-electron chi connectivity index (χ0n) is 16.0. The Balaban J connectivity index is 4.29. The Bertz CT molecular complexity index is 420. The van der Waals surface area contributed by atoms with Crippen LogP contribution in [0.3, 0.4) is 0 Å². The molecule has 0 aromatic carbocycles. The minimum absolute atomic E-state index is 0.180. The van der Waals surface area contributed by atoms with E-state index in [0.29, 0.717) is 6.42 Å². The summed E-state index contributed by atoms with van der Waals surface area (Å²) < 4.78 is 0. The predicted octanol–water partition coefficient (Wildman–Crippen LogP) is -0.620. The van der Waals surface area contributed by atoms with Gasteiger partial charge in [-0.3, -0.25) is 9.59 Å². The minimum atomic E-state index is -1.81. The summed E-state index contributed by atoms with van der Waals surface area (Å²) in [7, 11) is 0. The highest BCUT2D eigenvalue weighted by Gasteiger charge is 2.31. The number of unbranched alkanes of at least 4 members (excludes halogenated alkanes) is 6. The molecule has 27 heavy (non-hydrogen) atoms. The van der Waals surface area contributed by atoms with Crippen LogP contribution in [0.1, 0.15) is 58.3 Å². The third-order valence-electron chi connectivity index (χ3n) is 4.52. The first-order chi connectivity index (χ1) is 12.8. The van der Waals surface area contributed by atoms with Gasteiger partial charge in [-0.2, -0.15) is 0 Å². The first kappa shape index (κ1) is 25.7. The number of hydrogen-bond donors (Lipinski definition) is 7. The van der Waals surface area contributed by atoms with Gasteiger partial charge in [-0.15, -0.1) is 0 Å². The van der Waals surface area contributed by atoms with Crippen LogP contribution in [0, 0.1) is 5.92 Å². The van der Waals surface area contributed by atoms with Crippen LogP contribution in [0.15, 0.2) is 0 Å². The number of carboxylic acid groups (broad SMARTS) is 1. The summed E-state index contributed by atoms with van der Waals surface area (Å²) in [4.78, 5) is 23.3. The quantitative estimate of drug-likeness (QED) is 0.134. The summed E-state index contributed by atoms with van der Waals surface area (Å²) in [6.07, 6.45) is 0.298. The number of aliphatic hydroxyl groups excluding tert-OH is 5. The molecule has 9 heteroatoms. The normalized spacial score (nSPS) is 17.0. The highest BCUT2D eigenvalue weighted by Crippen LogP contribution is 2.14. The van der Waals surface area contributed by atoms with E-state index in [4.69, 9.17) is 5.11 Å². The number of carbonyl (C=O) groups is 2. The lowest BCUT2D eigenvalue weighted by atomic mass is 9.98. The fourth-order valence-corrected chi connectivity index (χ4v) is 2.68. The lowest BCUT2D eigenvalue weighted by molar-refractivity contribution is -0.148. The molecule has 5 atom stereocenters. The Hall–Kier alpha value is -1.26. The first-order valence-corrected chi connectivity index (χ1v) is 9.59. The second kappa shape index (κ2) is 14.8. The molecule has 0 saturated heterocycles. The molecule has 1 amide bonds. The van der Waals surface area contributed by atoms with E-state index in [1.54, 1.807) is 0 Å². The van der Waals surface area contributed by atoms with E-state index < -0.39 is 55.4 Å². The standard InChI is InChI=1S/C18H35NO8/c1-2-3-4-5-6-7-8-9-12(18(26)27)17(25)19-10-13(21)15(23)16(24)14(22)11-20/h12-16,20-24H,2-11H2,1H3,(H,19,25)(H,26,27). The molecule has 0 aromatic rings. The van der Waals surface area contributed by atoms with E-state index in [9.17, 15) is 35.1 Å². The van der Waals surface area contributed by atoms with Gasteiger partial charge in [-0.25, -0.2) is 0 Å². The largest absolute Gasteiger partial charge is 0.481 e. The molecule has 0 bridgehead atoms. The van der Waals surface area contributed by atoms with Gasteiger partial charge in [0.05, 0.1) is 12.7 Å². The number of hydrogen-bond acceptors (Lipinski definition) is 7. The molecule has 0 aromatic heterocycles. The van der Waals surface area contributed by atoms with Crippen molar-refractivity contribution in [1.29, 1.82) is 0 Å². The molecule has 7 N–H and O–H groups in total. The molecule has 0 heterocycles. The third-order valence-corrected chi connectivity index (χ3v) is 4.52. The van der Waals surface area contributed by atoms with Gasteiger partial charge >= 0.3 is 5.97 Å². The van der Waals surface area contributed by atoms with Crippen molar-refractivity contribution in [2.24, 2.45) is 5.92 Å². The van der Waals surface area contributed by atoms with Crippen molar-refractivity contribution in [2.75, 3.05) is 13.2 Å². The molecule has 9 nitrogen and oxygen atoms in total. The summed E-state index contributed by atoms with van der Waals surface area (Å²) in [5, 5.41) is 58.3. The van der Waals surface area contributed by atoms with Crippen LogP contribution in [0.5, 0.6) is 0 Å². The van der Waals surface area contributed by atoms with Crippen LogP contribution in [0.2, 0.25) is 0 Å². The van der Waals surface area contributed by atoms with Gasteiger partial charge in [0.15, 0.2) is 0 Å². The van der Waals surface area contributed by atoms with E-state index in [-0.39, 0.29) is 6.42 Å². The number of aliphatic carboxylic acids is 1. The Morgan fingerprint density at radius 3 is 1.89 bits per heavy atom. The molecule has 0 aliphatic carbocycles. The summed E-state index contributed by atoms with van der Waals surface area (Å²) in [6, 6.07) is 0. The molecule has 0 aliphatic rings. The van der Waals surface area contributed by atoms with Crippen LogP contribution in [-0.4, -0.2) is 80.1 Å². The zero-order valence-corrected chi connectivity index (χ0v) is 16.0. The fourth-order valence-electron chi connectivity index (χ4n) is 2.68. The Morgan fingerprint density at radius 2 is 1.37 bits per heavy atom. The van der Waals surface area contributed by atoms with Crippen molar-refractivity contribution in [1.82, 2.24) is 5.32 Å².